The molecule has 1 atom stereocenters. The Morgan fingerprint density at radius 3 is 2.62 bits per heavy atom. The maximum atomic E-state index is 5.89. The van der Waals surface area contributed by atoms with Gasteiger partial charge in [-0.15, -0.1) is 0 Å². The van der Waals surface area contributed by atoms with Crippen LogP contribution in [0.25, 0.3) is 0 Å². The number of benzene rings is 1. The summed E-state index contributed by atoms with van der Waals surface area (Å²) in [5.74, 6) is 0. The van der Waals surface area contributed by atoms with Crippen molar-refractivity contribution in [3.63, 3.8) is 0 Å². The highest BCUT2D eigenvalue weighted by molar-refractivity contribution is 6.30. The highest BCUT2D eigenvalue weighted by Gasteiger charge is 2.05. The molecule has 1 unspecified atom stereocenters. The van der Waals surface area contributed by atoms with E-state index in [1.807, 2.05) is 18.2 Å². The monoisotopic (exact) mass is 197 g/mol. The predicted molar refractivity (Wildman–Crippen MR) is 58.3 cm³/mol. The zero-order valence-corrected chi connectivity index (χ0v) is 9.17. The van der Waals surface area contributed by atoms with Crippen molar-refractivity contribution >= 4 is 11.6 Å². The summed E-state index contributed by atoms with van der Waals surface area (Å²) in [5, 5.41) is 0.823. The fourth-order valence-electron chi connectivity index (χ4n) is 1.19. The molecule has 13 heavy (non-hydrogen) atoms. The van der Waals surface area contributed by atoms with Gasteiger partial charge >= 0.3 is 0 Å². The van der Waals surface area contributed by atoms with Gasteiger partial charge in [-0.3, -0.25) is 0 Å². The minimum absolute atomic E-state index is 0.554. The Hall–Kier alpha value is -0.530. The van der Waals surface area contributed by atoms with Crippen LogP contribution in [0, 0.1) is 0 Å². The summed E-state index contributed by atoms with van der Waals surface area (Å²) >= 11 is 5.89. The van der Waals surface area contributed by atoms with Crippen LogP contribution in [0.5, 0.6) is 0 Å². The smallest absolute Gasteiger partial charge is 0.0408 e. The first-order valence-electron chi connectivity index (χ1n) is 4.50. The van der Waals surface area contributed by atoms with Crippen molar-refractivity contribution in [1.82, 2.24) is 4.90 Å². The van der Waals surface area contributed by atoms with Gasteiger partial charge in [-0.2, -0.15) is 0 Å². The van der Waals surface area contributed by atoms with Crippen LogP contribution in [0.2, 0.25) is 5.02 Å². The zero-order chi connectivity index (χ0) is 9.84. The molecule has 0 aliphatic heterocycles. The van der Waals surface area contributed by atoms with Crippen molar-refractivity contribution in [3.8, 4) is 0 Å². The summed E-state index contributed by atoms with van der Waals surface area (Å²) in [5.41, 5.74) is 1.30. The van der Waals surface area contributed by atoms with Gasteiger partial charge in [0.1, 0.15) is 0 Å². The standard InChI is InChI=1S/C11H16ClN/c1-9(13(2)3)7-10-5-4-6-11(12)8-10/h4-6,8-9H,7H2,1-3H3. The number of hydrogen-bond acceptors (Lipinski definition) is 1. The minimum atomic E-state index is 0.554. The lowest BCUT2D eigenvalue weighted by molar-refractivity contribution is 0.312. The maximum Gasteiger partial charge on any atom is 0.0408 e. The average Bonchev–Trinajstić information content (AvgIpc) is 2.04. The first-order chi connectivity index (χ1) is 6.09. The van der Waals surface area contributed by atoms with E-state index in [0.29, 0.717) is 6.04 Å². The van der Waals surface area contributed by atoms with E-state index >= 15 is 0 Å². The largest absolute Gasteiger partial charge is 0.306 e. The summed E-state index contributed by atoms with van der Waals surface area (Å²) in [6.45, 7) is 2.21. The van der Waals surface area contributed by atoms with Gasteiger partial charge in [-0.1, -0.05) is 23.7 Å². The van der Waals surface area contributed by atoms with Gasteiger partial charge in [0, 0.05) is 11.1 Å². The molecule has 0 N–H and O–H groups in total. The molecule has 0 heterocycles. The van der Waals surface area contributed by atoms with Crippen molar-refractivity contribution < 1.29 is 0 Å². The van der Waals surface area contributed by atoms with E-state index in [1.54, 1.807) is 0 Å². The molecular formula is C11H16ClN. The van der Waals surface area contributed by atoms with Crippen molar-refractivity contribution in [2.45, 2.75) is 19.4 Å². The molecule has 0 amide bonds. The molecule has 0 aliphatic carbocycles. The van der Waals surface area contributed by atoms with Gasteiger partial charge in [0.05, 0.1) is 0 Å². The average molecular weight is 198 g/mol. The molecule has 0 bridgehead atoms. The van der Waals surface area contributed by atoms with Gasteiger partial charge in [-0.05, 0) is 45.1 Å². The van der Waals surface area contributed by atoms with Gasteiger partial charge in [-0.25, -0.2) is 0 Å². The van der Waals surface area contributed by atoms with Crippen LogP contribution in [0.15, 0.2) is 24.3 Å². The molecule has 0 fully saturated rings. The Balaban J connectivity index is 2.64. The second-order valence-electron chi connectivity index (χ2n) is 3.65. The fourth-order valence-corrected chi connectivity index (χ4v) is 1.40. The lowest BCUT2D eigenvalue weighted by atomic mass is 10.1. The molecule has 72 valence electrons. The molecule has 0 aromatic heterocycles. The van der Waals surface area contributed by atoms with Gasteiger partial charge in [0.15, 0.2) is 0 Å². The molecule has 1 aromatic rings. The first kappa shape index (κ1) is 10.6. The molecule has 0 aliphatic rings. The summed E-state index contributed by atoms with van der Waals surface area (Å²) in [4.78, 5) is 2.21. The Labute approximate surface area is 85.3 Å². The quantitative estimate of drug-likeness (QED) is 0.721. The van der Waals surface area contributed by atoms with Crippen LogP contribution in [0.3, 0.4) is 0 Å². The van der Waals surface area contributed by atoms with Gasteiger partial charge in [0.25, 0.3) is 0 Å². The Kier molecular flexibility index (Phi) is 3.76. The second kappa shape index (κ2) is 4.64. The molecule has 1 aromatic carbocycles. The number of halogens is 1. The second-order valence-corrected chi connectivity index (χ2v) is 4.08. The topological polar surface area (TPSA) is 3.24 Å². The molecular weight excluding hydrogens is 182 g/mol. The highest BCUT2D eigenvalue weighted by Crippen LogP contribution is 2.13. The van der Waals surface area contributed by atoms with E-state index in [1.165, 1.54) is 5.56 Å². The van der Waals surface area contributed by atoms with E-state index in [0.717, 1.165) is 11.4 Å². The number of likely N-dealkylation sites (N-methyl/N-ethyl adjacent to an activating group) is 1. The van der Waals surface area contributed by atoms with Crippen LogP contribution in [0.4, 0.5) is 0 Å². The van der Waals surface area contributed by atoms with Crippen molar-refractivity contribution in [1.29, 1.82) is 0 Å². The van der Waals surface area contributed by atoms with E-state index < -0.39 is 0 Å². The summed E-state index contributed by atoms with van der Waals surface area (Å²) in [7, 11) is 4.18. The lowest BCUT2D eigenvalue weighted by Gasteiger charge is -2.19. The van der Waals surface area contributed by atoms with Crippen LogP contribution in [-0.4, -0.2) is 25.0 Å². The normalized spacial score (nSPS) is 13.3. The van der Waals surface area contributed by atoms with Crippen molar-refractivity contribution in [2.24, 2.45) is 0 Å². The molecule has 0 radical (unpaired) electrons. The summed E-state index contributed by atoms with van der Waals surface area (Å²) < 4.78 is 0. The van der Waals surface area contributed by atoms with Crippen LogP contribution < -0.4 is 0 Å². The number of rotatable bonds is 3. The fraction of sp³-hybridized carbons (Fsp3) is 0.455. The molecule has 0 saturated carbocycles. The number of hydrogen-bond donors (Lipinski definition) is 0. The SMILES string of the molecule is CC(Cc1cccc(Cl)c1)N(C)C. The Bertz CT molecular complexity index is 271. The molecule has 0 spiro atoms. The van der Waals surface area contributed by atoms with E-state index in [-0.39, 0.29) is 0 Å². The van der Waals surface area contributed by atoms with Crippen LogP contribution in [-0.2, 0) is 6.42 Å². The third kappa shape index (κ3) is 3.37. The third-order valence-corrected chi connectivity index (χ3v) is 2.54. The molecule has 1 nitrogen and oxygen atoms in total. The molecule has 1 rings (SSSR count). The van der Waals surface area contributed by atoms with E-state index in [4.69, 9.17) is 11.6 Å². The maximum absolute atomic E-state index is 5.89. The first-order valence-corrected chi connectivity index (χ1v) is 4.88. The van der Waals surface area contributed by atoms with E-state index in [9.17, 15) is 0 Å². The minimum Gasteiger partial charge on any atom is -0.306 e. The summed E-state index contributed by atoms with van der Waals surface area (Å²) in [6, 6.07) is 8.61. The van der Waals surface area contributed by atoms with E-state index in [2.05, 4.69) is 32.0 Å². The van der Waals surface area contributed by atoms with Crippen molar-refractivity contribution in [2.75, 3.05) is 14.1 Å². The third-order valence-electron chi connectivity index (χ3n) is 2.30. The Morgan fingerprint density at radius 2 is 2.08 bits per heavy atom. The number of nitrogens with zero attached hydrogens (tertiary/aromatic N) is 1. The van der Waals surface area contributed by atoms with Gasteiger partial charge in [0.2, 0.25) is 0 Å². The lowest BCUT2D eigenvalue weighted by Crippen LogP contribution is -2.26. The Morgan fingerprint density at radius 1 is 1.38 bits per heavy atom. The van der Waals surface area contributed by atoms with Gasteiger partial charge < -0.3 is 4.90 Å². The van der Waals surface area contributed by atoms with Crippen molar-refractivity contribution in [3.05, 3.63) is 34.9 Å². The van der Waals surface area contributed by atoms with Crippen LogP contribution >= 0.6 is 11.6 Å². The predicted octanol–water partition coefficient (Wildman–Crippen LogP) is 2.83. The summed E-state index contributed by atoms with van der Waals surface area (Å²) in [6.07, 6.45) is 1.05. The molecule has 2 heteroatoms. The highest BCUT2D eigenvalue weighted by atomic mass is 35.5. The molecule has 0 saturated heterocycles. The van der Waals surface area contributed by atoms with Crippen LogP contribution in [0.1, 0.15) is 12.5 Å². The zero-order valence-electron chi connectivity index (χ0n) is 8.42.